The summed E-state index contributed by atoms with van der Waals surface area (Å²) in [5, 5.41) is 6.96. The number of nitrogens with zero attached hydrogens (tertiary/aromatic N) is 3. The molecule has 1 aliphatic heterocycles. The highest BCUT2D eigenvalue weighted by Gasteiger charge is 2.23. The quantitative estimate of drug-likeness (QED) is 0.913. The van der Waals surface area contributed by atoms with Crippen molar-refractivity contribution in [1.29, 1.82) is 0 Å². The van der Waals surface area contributed by atoms with Gasteiger partial charge in [-0.15, -0.1) is 11.3 Å². The predicted octanol–water partition coefficient (Wildman–Crippen LogP) is 1.93. The zero-order chi connectivity index (χ0) is 13.2. The Hall–Kier alpha value is -0.650. The van der Waals surface area contributed by atoms with Crippen LogP contribution in [-0.4, -0.2) is 48.6 Å². The van der Waals surface area contributed by atoms with E-state index in [2.05, 4.69) is 34.5 Å². The maximum atomic E-state index is 4.81. The van der Waals surface area contributed by atoms with Gasteiger partial charge >= 0.3 is 0 Å². The highest BCUT2D eigenvalue weighted by molar-refractivity contribution is 7.13. The molecule has 2 aliphatic rings. The van der Waals surface area contributed by atoms with Gasteiger partial charge in [-0.3, -0.25) is 0 Å². The van der Waals surface area contributed by atoms with Crippen LogP contribution in [0.1, 0.15) is 31.9 Å². The Bertz CT molecular complexity index is 415. The summed E-state index contributed by atoms with van der Waals surface area (Å²) in [7, 11) is 2.22. The Balaban J connectivity index is 1.63. The van der Waals surface area contributed by atoms with E-state index in [-0.39, 0.29) is 0 Å². The van der Waals surface area contributed by atoms with Crippen molar-refractivity contribution in [2.45, 2.75) is 44.8 Å². The highest BCUT2D eigenvalue weighted by Crippen LogP contribution is 2.25. The van der Waals surface area contributed by atoms with E-state index in [9.17, 15) is 0 Å². The lowest BCUT2D eigenvalue weighted by atomic mass is 10.3. The van der Waals surface area contributed by atoms with Crippen LogP contribution < -0.4 is 10.2 Å². The largest absolute Gasteiger partial charge is 0.344 e. The summed E-state index contributed by atoms with van der Waals surface area (Å²) in [6, 6.07) is 1.32. The van der Waals surface area contributed by atoms with Gasteiger partial charge in [-0.1, -0.05) is 0 Å². The molecular formula is C14H24N4S. The summed E-state index contributed by atoms with van der Waals surface area (Å²) in [4.78, 5) is 9.72. The highest BCUT2D eigenvalue weighted by atomic mass is 32.1. The molecule has 1 saturated heterocycles. The molecule has 3 rings (SSSR count). The number of aromatic nitrogens is 1. The van der Waals surface area contributed by atoms with Crippen molar-refractivity contribution in [2.75, 3.05) is 31.6 Å². The first-order valence-electron chi connectivity index (χ1n) is 7.35. The molecule has 2 fully saturated rings. The van der Waals surface area contributed by atoms with Crippen LogP contribution in [0.4, 0.5) is 5.13 Å². The van der Waals surface area contributed by atoms with E-state index in [4.69, 9.17) is 4.98 Å². The summed E-state index contributed by atoms with van der Waals surface area (Å²) in [6.45, 7) is 6.71. The van der Waals surface area contributed by atoms with Crippen molar-refractivity contribution >= 4 is 16.5 Å². The van der Waals surface area contributed by atoms with Crippen LogP contribution in [0.15, 0.2) is 5.38 Å². The number of hydrogen-bond acceptors (Lipinski definition) is 5. The molecule has 0 bridgehead atoms. The molecule has 4 nitrogen and oxygen atoms in total. The first kappa shape index (κ1) is 13.3. The fraction of sp³-hybridized carbons (Fsp3) is 0.786. The van der Waals surface area contributed by atoms with Gasteiger partial charge in [-0.2, -0.15) is 0 Å². The van der Waals surface area contributed by atoms with E-state index in [1.165, 1.54) is 36.6 Å². The zero-order valence-electron chi connectivity index (χ0n) is 11.9. The van der Waals surface area contributed by atoms with Gasteiger partial charge in [0.2, 0.25) is 0 Å². The Kier molecular flexibility index (Phi) is 4.05. The molecule has 0 aromatic carbocycles. The molecule has 5 heteroatoms. The molecule has 0 radical (unpaired) electrons. The summed E-state index contributed by atoms with van der Waals surface area (Å²) in [5.74, 6) is 0. The number of hydrogen-bond donors (Lipinski definition) is 1. The van der Waals surface area contributed by atoms with Crippen molar-refractivity contribution in [2.24, 2.45) is 0 Å². The van der Waals surface area contributed by atoms with E-state index < -0.39 is 0 Å². The number of rotatable bonds is 4. The average molecular weight is 280 g/mol. The Morgan fingerprint density at radius 2 is 2.26 bits per heavy atom. The van der Waals surface area contributed by atoms with Gasteiger partial charge < -0.3 is 15.1 Å². The summed E-state index contributed by atoms with van der Waals surface area (Å²) in [5.41, 5.74) is 1.21. The fourth-order valence-electron chi connectivity index (χ4n) is 2.70. The SMILES string of the molecule is CC1CN(C)CCCN1c1nc(CNC2CC2)cs1. The van der Waals surface area contributed by atoms with Crippen LogP contribution in [0.2, 0.25) is 0 Å². The number of nitrogens with one attached hydrogen (secondary N) is 1. The third-order valence-electron chi connectivity index (χ3n) is 3.98. The number of anilines is 1. The monoisotopic (exact) mass is 280 g/mol. The van der Waals surface area contributed by atoms with E-state index in [1.807, 2.05) is 0 Å². The zero-order valence-corrected chi connectivity index (χ0v) is 12.7. The molecule has 1 atom stereocenters. The molecular weight excluding hydrogens is 256 g/mol. The molecule has 19 heavy (non-hydrogen) atoms. The average Bonchev–Trinajstić information content (AvgIpc) is 3.12. The van der Waals surface area contributed by atoms with Crippen molar-refractivity contribution in [3.8, 4) is 0 Å². The van der Waals surface area contributed by atoms with Crippen molar-refractivity contribution < 1.29 is 0 Å². The maximum Gasteiger partial charge on any atom is 0.185 e. The van der Waals surface area contributed by atoms with Gasteiger partial charge in [0.05, 0.1) is 5.69 Å². The number of likely N-dealkylation sites (N-methyl/N-ethyl adjacent to an activating group) is 1. The molecule has 1 aromatic heterocycles. The molecule has 0 amide bonds. The van der Waals surface area contributed by atoms with Crippen molar-refractivity contribution in [3.05, 3.63) is 11.1 Å². The van der Waals surface area contributed by atoms with Crippen LogP contribution in [0.25, 0.3) is 0 Å². The molecule has 2 heterocycles. The first-order chi connectivity index (χ1) is 9.22. The summed E-state index contributed by atoms with van der Waals surface area (Å²) in [6.07, 6.45) is 3.91. The van der Waals surface area contributed by atoms with Gasteiger partial charge in [-0.05, 0) is 39.8 Å². The topological polar surface area (TPSA) is 31.4 Å². The predicted molar refractivity (Wildman–Crippen MR) is 80.9 cm³/mol. The van der Waals surface area contributed by atoms with Crippen LogP contribution in [-0.2, 0) is 6.54 Å². The van der Waals surface area contributed by atoms with Gasteiger partial charge in [0, 0.05) is 37.1 Å². The third kappa shape index (κ3) is 3.46. The Morgan fingerprint density at radius 1 is 1.42 bits per heavy atom. The second kappa shape index (κ2) is 5.77. The van der Waals surface area contributed by atoms with E-state index in [1.54, 1.807) is 11.3 Å². The van der Waals surface area contributed by atoms with E-state index in [0.717, 1.165) is 25.7 Å². The Morgan fingerprint density at radius 3 is 3.05 bits per heavy atom. The molecule has 1 aromatic rings. The lowest BCUT2D eigenvalue weighted by Gasteiger charge is -2.27. The minimum absolute atomic E-state index is 0.558. The first-order valence-corrected chi connectivity index (χ1v) is 8.23. The van der Waals surface area contributed by atoms with E-state index >= 15 is 0 Å². The molecule has 1 N–H and O–H groups in total. The van der Waals surface area contributed by atoms with Gasteiger partial charge in [0.15, 0.2) is 5.13 Å². The van der Waals surface area contributed by atoms with Gasteiger partial charge in [0.1, 0.15) is 0 Å². The lowest BCUT2D eigenvalue weighted by Crippen LogP contribution is -2.37. The maximum absolute atomic E-state index is 4.81. The third-order valence-corrected chi connectivity index (χ3v) is 4.91. The van der Waals surface area contributed by atoms with Crippen LogP contribution in [0, 0.1) is 0 Å². The van der Waals surface area contributed by atoms with E-state index in [0.29, 0.717) is 6.04 Å². The normalized spacial score (nSPS) is 25.6. The summed E-state index contributed by atoms with van der Waals surface area (Å²) < 4.78 is 0. The number of thiazole rings is 1. The van der Waals surface area contributed by atoms with Crippen molar-refractivity contribution in [3.63, 3.8) is 0 Å². The molecule has 1 saturated carbocycles. The van der Waals surface area contributed by atoms with Crippen LogP contribution in [0.5, 0.6) is 0 Å². The van der Waals surface area contributed by atoms with Crippen LogP contribution >= 0.6 is 11.3 Å². The standard InChI is InChI=1S/C14H24N4S/c1-11-9-17(2)6-3-7-18(11)14-16-13(10-19-14)8-15-12-4-5-12/h10-12,15H,3-9H2,1-2H3. The smallest absolute Gasteiger partial charge is 0.185 e. The lowest BCUT2D eigenvalue weighted by molar-refractivity contribution is 0.337. The summed E-state index contributed by atoms with van der Waals surface area (Å²) >= 11 is 1.80. The van der Waals surface area contributed by atoms with Gasteiger partial charge in [0.25, 0.3) is 0 Å². The second-order valence-electron chi connectivity index (χ2n) is 5.93. The Labute approximate surface area is 119 Å². The minimum atomic E-state index is 0.558. The van der Waals surface area contributed by atoms with Crippen LogP contribution in [0.3, 0.4) is 0 Å². The molecule has 0 spiro atoms. The molecule has 1 unspecified atom stereocenters. The van der Waals surface area contributed by atoms with Gasteiger partial charge in [-0.25, -0.2) is 4.98 Å². The fourth-order valence-corrected chi connectivity index (χ4v) is 3.66. The molecule has 106 valence electrons. The van der Waals surface area contributed by atoms with Crippen molar-refractivity contribution in [1.82, 2.24) is 15.2 Å². The second-order valence-corrected chi connectivity index (χ2v) is 6.77. The molecule has 1 aliphatic carbocycles. The minimum Gasteiger partial charge on any atom is -0.344 e.